The van der Waals surface area contributed by atoms with Gasteiger partial charge in [-0.1, -0.05) is 37.5 Å². The SMILES string of the molecule is Cc1cc(C(=O)NC2CCCCC2)nc(NCCc2ccccc2F)n1. The maximum atomic E-state index is 13.7. The van der Waals surface area contributed by atoms with Crippen molar-refractivity contribution in [2.45, 2.75) is 51.5 Å². The second kappa shape index (κ2) is 8.74. The Kier molecular flexibility index (Phi) is 6.15. The lowest BCUT2D eigenvalue weighted by Gasteiger charge is -2.22. The van der Waals surface area contributed by atoms with Crippen molar-refractivity contribution in [1.29, 1.82) is 0 Å². The summed E-state index contributed by atoms with van der Waals surface area (Å²) in [6.07, 6.45) is 6.16. The van der Waals surface area contributed by atoms with Crippen LogP contribution in [0.25, 0.3) is 0 Å². The Morgan fingerprint density at radius 2 is 1.96 bits per heavy atom. The Hall–Kier alpha value is -2.50. The van der Waals surface area contributed by atoms with Crippen LogP contribution in [0, 0.1) is 12.7 Å². The third kappa shape index (κ3) is 5.00. The normalized spacial score (nSPS) is 14.8. The lowest BCUT2D eigenvalue weighted by Crippen LogP contribution is -2.36. The molecule has 26 heavy (non-hydrogen) atoms. The highest BCUT2D eigenvalue weighted by Crippen LogP contribution is 2.18. The highest BCUT2D eigenvalue weighted by molar-refractivity contribution is 5.92. The number of hydrogen-bond donors (Lipinski definition) is 2. The number of halogens is 1. The van der Waals surface area contributed by atoms with E-state index in [4.69, 9.17) is 0 Å². The maximum Gasteiger partial charge on any atom is 0.270 e. The highest BCUT2D eigenvalue weighted by Gasteiger charge is 2.18. The minimum absolute atomic E-state index is 0.153. The molecule has 0 atom stereocenters. The molecule has 1 heterocycles. The van der Waals surface area contributed by atoms with Crippen molar-refractivity contribution >= 4 is 11.9 Å². The first-order valence-electron chi connectivity index (χ1n) is 9.25. The minimum Gasteiger partial charge on any atom is -0.354 e. The summed E-state index contributed by atoms with van der Waals surface area (Å²) in [5.41, 5.74) is 1.74. The number of rotatable bonds is 6. The monoisotopic (exact) mass is 356 g/mol. The Balaban J connectivity index is 1.59. The molecule has 138 valence electrons. The third-order valence-corrected chi connectivity index (χ3v) is 4.66. The van der Waals surface area contributed by atoms with Crippen LogP contribution in [0.2, 0.25) is 0 Å². The van der Waals surface area contributed by atoms with E-state index in [1.165, 1.54) is 12.5 Å². The molecule has 0 unspecified atom stereocenters. The van der Waals surface area contributed by atoms with Gasteiger partial charge in [-0.05, 0) is 43.9 Å². The van der Waals surface area contributed by atoms with Crippen LogP contribution in [0.3, 0.4) is 0 Å². The van der Waals surface area contributed by atoms with E-state index in [0.29, 0.717) is 30.2 Å². The molecular formula is C20H25FN4O. The Morgan fingerprint density at radius 1 is 1.19 bits per heavy atom. The fraction of sp³-hybridized carbons (Fsp3) is 0.450. The number of carbonyl (C=O) groups is 1. The summed E-state index contributed by atoms with van der Waals surface area (Å²) >= 11 is 0. The zero-order chi connectivity index (χ0) is 18.4. The van der Waals surface area contributed by atoms with Gasteiger partial charge in [0.05, 0.1) is 0 Å². The highest BCUT2D eigenvalue weighted by atomic mass is 19.1. The number of hydrogen-bond acceptors (Lipinski definition) is 4. The van der Waals surface area contributed by atoms with Gasteiger partial charge in [0.25, 0.3) is 5.91 Å². The van der Waals surface area contributed by atoms with Crippen LogP contribution in [-0.4, -0.2) is 28.5 Å². The second-order valence-corrected chi connectivity index (χ2v) is 6.79. The standard InChI is InChI=1S/C20H25FN4O/c1-14-13-18(19(26)24-16-8-3-2-4-9-16)25-20(23-14)22-12-11-15-7-5-6-10-17(15)21/h5-7,10,13,16H,2-4,8-9,11-12H2,1H3,(H,24,26)(H,22,23,25). The van der Waals surface area contributed by atoms with Gasteiger partial charge in [-0.2, -0.15) is 0 Å². The van der Waals surface area contributed by atoms with Crippen molar-refractivity contribution in [3.63, 3.8) is 0 Å². The number of nitrogens with zero attached hydrogens (tertiary/aromatic N) is 2. The summed E-state index contributed by atoms with van der Waals surface area (Å²) in [5.74, 6) is 0.0293. The zero-order valence-corrected chi connectivity index (χ0v) is 15.1. The molecule has 1 aliphatic carbocycles. The number of amides is 1. The molecule has 0 aliphatic heterocycles. The van der Waals surface area contributed by atoms with E-state index < -0.39 is 0 Å². The van der Waals surface area contributed by atoms with E-state index in [9.17, 15) is 9.18 Å². The van der Waals surface area contributed by atoms with E-state index in [-0.39, 0.29) is 17.8 Å². The largest absolute Gasteiger partial charge is 0.354 e. The molecule has 0 radical (unpaired) electrons. The maximum absolute atomic E-state index is 13.7. The van der Waals surface area contributed by atoms with Crippen molar-refractivity contribution < 1.29 is 9.18 Å². The molecule has 0 saturated heterocycles. The van der Waals surface area contributed by atoms with E-state index >= 15 is 0 Å². The minimum atomic E-state index is -0.216. The van der Waals surface area contributed by atoms with E-state index in [1.54, 1.807) is 18.2 Å². The number of benzene rings is 1. The van der Waals surface area contributed by atoms with Crippen LogP contribution in [0.4, 0.5) is 10.3 Å². The second-order valence-electron chi connectivity index (χ2n) is 6.79. The Morgan fingerprint density at radius 3 is 2.73 bits per heavy atom. The molecule has 1 aromatic carbocycles. The zero-order valence-electron chi connectivity index (χ0n) is 15.1. The third-order valence-electron chi connectivity index (χ3n) is 4.66. The topological polar surface area (TPSA) is 66.9 Å². The average molecular weight is 356 g/mol. The molecule has 0 spiro atoms. The van der Waals surface area contributed by atoms with Crippen molar-refractivity contribution in [2.24, 2.45) is 0 Å². The van der Waals surface area contributed by atoms with Crippen molar-refractivity contribution in [1.82, 2.24) is 15.3 Å². The lowest BCUT2D eigenvalue weighted by molar-refractivity contribution is 0.0922. The fourth-order valence-electron chi connectivity index (χ4n) is 3.28. The molecule has 1 saturated carbocycles. The molecule has 0 bridgehead atoms. The molecule has 2 N–H and O–H groups in total. The lowest BCUT2D eigenvalue weighted by atomic mass is 9.95. The number of aromatic nitrogens is 2. The first kappa shape index (κ1) is 18.3. The summed E-state index contributed by atoms with van der Waals surface area (Å²) in [7, 11) is 0. The van der Waals surface area contributed by atoms with Crippen LogP contribution in [0.5, 0.6) is 0 Å². The van der Waals surface area contributed by atoms with Gasteiger partial charge in [-0.25, -0.2) is 14.4 Å². The van der Waals surface area contributed by atoms with Gasteiger partial charge < -0.3 is 10.6 Å². The van der Waals surface area contributed by atoms with Crippen molar-refractivity contribution in [2.75, 3.05) is 11.9 Å². The summed E-state index contributed by atoms with van der Waals surface area (Å²) in [4.78, 5) is 21.1. The number of anilines is 1. The summed E-state index contributed by atoms with van der Waals surface area (Å²) in [6.45, 7) is 2.33. The van der Waals surface area contributed by atoms with Gasteiger partial charge in [0.1, 0.15) is 11.5 Å². The number of nitrogens with one attached hydrogen (secondary N) is 2. The molecular weight excluding hydrogens is 331 g/mol. The first-order valence-corrected chi connectivity index (χ1v) is 9.25. The molecule has 1 aliphatic rings. The predicted molar refractivity (Wildman–Crippen MR) is 99.7 cm³/mol. The van der Waals surface area contributed by atoms with Gasteiger partial charge in [-0.3, -0.25) is 4.79 Å². The van der Waals surface area contributed by atoms with Gasteiger partial charge in [0, 0.05) is 18.3 Å². The summed E-state index contributed by atoms with van der Waals surface area (Å²) in [6, 6.07) is 8.63. The fourth-order valence-corrected chi connectivity index (χ4v) is 3.28. The predicted octanol–water partition coefficient (Wildman–Crippen LogP) is 3.64. The van der Waals surface area contributed by atoms with Crippen molar-refractivity contribution in [3.8, 4) is 0 Å². The van der Waals surface area contributed by atoms with Crippen LogP contribution in [0.15, 0.2) is 30.3 Å². The Labute approximate surface area is 153 Å². The molecule has 3 rings (SSSR count). The molecule has 1 aromatic heterocycles. The van der Waals surface area contributed by atoms with Crippen LogP contribution in [0.1, 0.15) is 53.8 Å². The van der Waals surface area contributed by atoms with E-state index in [2.05, 4.69) is 20.6 Å². The van der Waals surface area contributed by atoms with E-state index in [1.807, 2.05) is 13.0 Å². The van der Waals surface area contributed by atoms with Gasteiger partial charge in [0.15, 0.2) is 0 Å². The molecule has 1 amide bonds. The number of carbonyl (C=O) groups excluding carboxylic acids is 1. The molecule has 5 nitrogen and oxygen atoms in total. The van der Waals surface area contributed by atoms with Gasteiger partial charge >= 0.3 is 0 Å². The van der Waals surface area contributed by atoms with Gasteiger partial charge in [-0.15, -0.1) is 0 Å². The first-order chi connectivity index (χ1) is 12.6. The number of aryl methyl sites for hydroxylation is 1. The van der Waals surface area contributed by atoms with Crippen molar-refractivity contribution in [3.05, 3.63) is 53.1 Å². The van der Waals surface area contributed by atoms with Crippen LogP contribution < -0.4 is 10.6 Å². The molecule has 2 aromatic rings. The quantitative estimate of drug-likeness (QED) is 0.829. The van der Waals surface area contributed by atoms with Crippen LogP contribution in [-0.2, 0) is 6.42 Å². The van der Waals surface area contributed by atoms with E-state index in [0.717, 1.165) is 31.4 Å². The molecule has 6 heteroatoms. The Bertz CT molecular complexity index is 759. The summed E-state index contributed by atoms with van der Waals surface area (Å²) < 4.78 is 13.7. The average Bonchev–Trinajstić information content (AvgIpc) is 2.64. The molecule has 1 fully saturated rings. The summed E-state index contributed by atoms with van der Waals surface area (Å²) in [5, 5.41) is 6.16. The van der Waals surface area contributed by atoms with Crippen LogP contribution >= 0.6 is 0 Å². The smallest absolute Gasteiger partial charge is 0.270 e. The van der Waals surface area contributed by atoms with Gasteiger partial charge in [0.2, 0.25) is 5.95 Å².